The molecule has 2 nitrogen and oxygen atoms in total. The summed E-state index contributed by atoms with van der Waals surface area (Å²) in [4.78, 5) is 4.14. The van der Waals surface area contributed by atoms with Crippen LogP contribution >= 0.6 is 27.3 Å². The maximum absolute atomic E-state index is 5.48. The molecule has 0 amide bonds. The van der Waals surface area contributed by atoms with Crippen LogP contribution in [0.5, 0.6) is 5.19 Å². The van der Waals surface area contributed by atoms with Crippen LogP contribution < -0.4 is 4.74 Å². The molecule has 0 atom stereocenters. The molecule has 13 heavy (non-hydrogen) atoms. The summed E-state index contributed by atoms with van der Waals surface area (Å²) in [6, 6.07) is 0. The van der Waals surface area contributed by atoms with Gasteiger partial charge in [-0.15, -0.1) is 0 Å². The van der Waals surface area contributed by atoms with Gasteiger partial charge in [-0.25, -0.2) is 0 Å². The first kappa shape index (κ1) is 11.0. The number of thiazole rings is 1. The number of halogens is 1. The topological polar surface area (TPSA) is 22.1 Å². The molecule has 0 N–H and O–H groups in total. The van der Waals surface area contributed by atoms with Crippen molar-refractivity contribution in [2.45, 2.75) is 27.2 Å². The Morgan fingerprint density at radius 1 is 1.54 bits per heavy atom. The van der Waals surface area contributed by atoms with Crippen molar-refractivity contribution in [2.24, 2.45) is 5.41 Å². The van der Waals surface area contributed by atoms with Gasteiger partial charge >= 0.3 is 0 Å². The second-order valence-corrected chi connectivity index (χ2v) is 5.73. The van der Waals surface area contributed by atoms with E-state index in [1.807, 2.05) is 5.38 Å². The third-order valence-electron chi connectivity index (χ3n) is 1.53. The van der Waals surface area contributed by atoms with Gasteiger partial charge in [0.1, 0.15) is 4.60 Å². The van der Waals surface area contributed by atoms with Crippen LogP contribution in [0.2, 0.25) is 0 Å². The molecule has 0 fully saturated rings. The van der Waals surface area contributed by atoms with E-state index in [0.717, 1.165) is 22.8 Å². The van der Waals surface area contributed by atoms with Crippen LogP contribution in [-0.2, 0) is 0 Å². The van der Waals surface area contributed by atoms with Crippen LogP contribution in [0.1, 0.15) is 27.2 Å². The summed E-state index contributed by atoms with van der Waals surface area (Å²) >= 11 is 4.80. The monoisotopic (exact) mass is 263 g/mol. The van der Waals surface area contributed by atoms with Crippen molar-refractivity contribution in [1.82, 2.24) is 4.98 Å². The lowest BCUT2D eigenvalue weighted by Gasteiger charge is -2.17. The lowest BCUT2D eigenvalue weighted by Crippen LogP contribution is -2.10. The minimum absolute atomic E-state index is 0.328. The molecule has 0 bridgehead atoms. The molecule has 0 radical (unpaired) electrons. The van der Waals surface area contributed by atoms with Gasteiger partial charge < -0.3 is 4.74 Å². The van der Waals surface area contributed by atoms with E-state index in [2.05, 4.69) is 41.7 Å². The van der Waals surface area contributed by atoms with Gasteiger partial charge in [-0.1, -0.05) is 32.1 Å². The van der Waals surface area contributed by atoms with Gasteiger partial charge in [-0.2, -0.15) is 4.98 Å². The Morgan fingerprint density at radius 3 is 2.69 bits per heavy atom. The zero-order valence-electron chi connectivity index (χ0n) is 8.13. The van der Waals surface area contributed by atoms with Gasteiger partial charge in [0, 0.05) is 5.38 Å². The first-order chi connectivity index (χ1) is 5.97. The average Bonchev–Trinajstić information content (AvgIpc) is 2.33. The summed E-state index contributed by atoms with van der Waals surface area (Å²) in [5, 5.41) is 2.67. The molecule has 0 aliphatic heterocycles. The molecular weight excluding hydrogens is 250 g/mol. The Morgan fingerprint density at radius 2 is 2.23 bits per heavy atom. The van der Waals surface area contributed by atoms with Crippen molar-refractivity contribution in [3.8, 4) is 5.19 Å². The molecule has 0 aliphatic carbocycles. The summed E-state index contributed by atoms with van der Waals surface area (Å²) in [6.45, 7) is 7.35. The van der Waals surface area contributed by atoms with Crippen molar-refractivity contribution in [1.29, 1.82) is 0 Å². The van der Waals surface area contributed by atoms with Crippen LogP contribution in [0.4, 0.5) is 0 Å². The minimum Gasteiger partial charge on any atom is -0.470 e. The average molecular weight is 264 g/mol. The van der Waals surface area contributed by atoms with Gasteiger partial charge in [-0.05, 0) is 27.8 Å². The van der Waals surface area contributed by atoms with Gasteiger partial charge in [0.2, 0.25) is 0 Å². The summed E-state index contributed by atoms with van der Waals surface area (Å²) < 4.78 is 6.33. The molecule has 4 heteroatoms. The van der Waals surface area contributed by atoms with E-state index in [9.17, 15) is 0 Å². The van der Waals surface area contributed by atoms with Crippen molar-refractivity contribution in [2.75, 3.05) is 6.61 Å². The fourth-order valence-electron chi connectivity index (χ4n) is 0.750. The smallest absolute Gasteiger partial charge is 0.274 e. The zero-order chi connectivity index (χ0) is 9.90. The number of aromatic nitrogens is 1. The highest BCUT2D eigenvalue weighted by Crippen LogP contribution is 2.23. The minimum atomic E-state index is 0.328. The Hall–Kier alpha value is -0.0900. The van der Waals surface area contributed by atoms with Crippen LogP contribution in [0.15, 0.2) is 9.98 Å². The van der Waals surface area contributed by atoms with E-state index >= 15 is 0 Å². The standard InChI is InChI=1S/C9H14BrNOS/c1-9(2,3)4-5-12-8-11-7(10)6-13-8/h6H,4-5H2,1-3H3. The Bertz CT molecular complexity index is 267. The highest BCUT2D eigenvalue weighted by molar-refractivity contribution is 9.10. The Labute approximate surface area is 91.5 Å². The number of hydrogen-bond donors (Lipinski definition) is 0. The maximum Gasteiger partial charge on any atom is 0.274 e. The molecule has 0 saturated heterocycles. The summed E-state index contributed by atoms with van der Waals surface area (Å²) in [6.07, 6.45) is 1.05. The van der Waals surface area contributed by atoms with Crippen molar-refractivity contribution < 1.29 is 4.74 Å². The lowest BCUT2D eigenvalue weighted by atomic mass is 9.93. The summed E-state index contributed by atoms with van der Waals surface area (Å²) in [5.74, 6) is 0. The first-order valence-electron chi connectivity index (χ1n) is 4.21. The van der Waals surface area contributed by atoms with E-state index in [4.69, 9.17) is 4.74 Å². The number of ether oxygens (including phenoxy) is 1. The SMILES string of the molecule is CC(C)(C)CCOc1nc(Br)cs1. The Kier molecular flexibility index (Phi) is 3.74. The van der Waals surface area contributed by atoms with Crippen LogP contribution in [0.3, 0.4) is 0 Å². The van der Waals surface area contributed by atoms with Gasteiger partial charge in [0.15, 0.2) is 0 Å². The molecule has 0 aliphatic rings. The Balaban J connectivity index is 2.28. The molecule has 0 saturated carbocycles. The van der Waals surface area contributed by atoms with Gasteiger partial charge in [-0.3, -0.25) is 0 Å². The third kappa shape index (κ3) is 4.62. The number of hydrogen-bond acceptors (Lipinski definition) is 3. The number of rotatable bonds is 3. The third-order valence-corrected chi connectivity index (χ3v) is 2.99. The molecular formula is C9H14BrNOS. The molecule has 1 rings (SSSR count). The fraction of sp³-hybridized carbons (Fsp3) is 0.667. The molecule has 74 valence electrons. The second-order valence-electron chi connectivity index (χ2n) is 4.10. The first-order valence-corrected chi connectivity index (χ1v) is 5.88. The van der Waals surface area contributed by atoms with Crippen molar-refractivity contribution in [3.05, 3.63) is 9.98 Å². The number of nitrogens with zero attached hydrogens (tertiary/aromatic N) is 1. The van der Waals surface area contributed by atoms with Crippen molar-refractivity contribution in [3.63, 3.8) is 0 Å². The highest BCUT2D eigenvalue weighted by atomic mass is 79.9. The van der Waals surface area contributed by atoms with E-state index in [0.29, 0.717) is 5.41 Å². The molecule has 1 heterocycles. The van der Waals surface area contributed by atoms with E-state index < -0.39 is 0 Å². The van der Waals surface area contributed by atoms with Crippen LogP contribution in [0.25, 0.3) is 0 Å². The quantitative estimate of drug-likeness (QED) is 0.830. The second kappa shape index (κ2) is 4.42. The molecule has 0 aromatic carbocycles. The molecule has 0 spiro atoms. The highest BCUT2D eigenvalue weighted by Gasteiger charge is 2.10. The summed E-state index contributed by atoms with van der Waals surface area (Å²) in [5.41, 5.74) is 0.328. The lowest BCUT2D eigenvalue weighted by molar-refractivity contribution is 0.242. The van der Waals surface area contributed by atoms with Gasteiger partial charge in [0.25, 0.3) is 5.19 Å². The van der Waals surface area contributed by atoms with E-state index in [1.165, 1.54) is 11.3 Å². The molecule has 1 aromatic rings. The molecule has 0 unspecified atom stereocenters. The fourth-order valence-corrected chi connectivity index (χ4v) is 1.86. The van der Waals surface area contributed by atoms with Crippen LogP contribution in [0, 0.1) is 5.41 Å². The van der Waals surface area contributed by atoms with Gasteiger partial charge in [0.05, 0.1) is 6.61 Å². The van der Waals surface area contributed by atoms with Crippen molar-refractivity contribution >= 4 is 27.3 Å². The zero-order valence-corrected chi connectivity index (χ0v) is 10.5. The summed E-state index contributed by atoms with van der Waals surface area (Å²) in [7, 11) is 0. The van der Waals surface area contributed by atoms with E-state index in [-0.39, 0.29) is 0 Å². The normalized spacial score (nSPS) is 11.7. The van der Waals surface area contributed by atoms with Crippen LogP contribution in [-0.4, -0.2) is 11.6 Å². The maximum atomic E-state index is 5.48. The predicted octanol–water partition coefficient (Wildman–Crippen LogP) is 3.72. The predicted molar refractivity (Wildman–Crippen MR) is 59.4 cm³/mol. The van der Waals surface area contributed by atoms with E-state index in [1.54, 1.807) is 0 Å². The largest absolute Gasteiger partial charge is 0.470 e. The molecule has 1 aromatic heterocycles.